The molecule has 4 rings (SSSR count). The van der Waals surface area contributed by atoms with Crippen LogP contribution in [-0.2, 0) is 18.3 Å². The minimum Gasteiger partial charge on any atom is -0.426 e. The van der Waals surface area contributed by atoms with Crippen LogP contribution in [0.15, 0.2) is 73.1 Å². The van der Waals surface area contributed by atoms with Gasteiger partial charge in [-0.25, -0.2) is 4.68 Å². The van der Waals surface area contributed by atoms with E-state index >= 15 is 0 Å². The van der Waals surface area contributed by atoms with Gasteiger partial charge in [-0.05, 0) is 36.8 Å². The van der Waals surface area contributed by atoms with E-state index in [9.17, 15) is 4.79 Å². The van der Waals surface area contributed by atoms with Crippen molar-refractivity contribution in [3.63, 3.8) is 0 Å². The van der Waals surface area contributed by atoms with Gasteiger partial charge in [-0.3, -0.25) is 9.48 Å². The number of ether oxygens (including phenoxy) is 1. The summed E-state index contributed by atoms with van der Waals surface area (Å²) >= 11 is 0. The van der Waals surface area contributed by atoms with Crippen LogP contribution in [0.3, 0.4) is 0 Å². The SMILES string of the molecule is C.Cc1c(-c2cnn(C)c2)nn(-c2ccccc2)c1CC(=O)Oc1ccccc1. The molecule has 2 heterocycles. The maximum atomic E-state index is 12.6. The van der Waals surface area contributed by atoms with Crippen LogP contribution >= 0.6 is 0 Å². The third-order valence-electron chi connectivity index (χ3n) is 4.51. The molecule has 2 aromatic heterocycles. The summed E-state index contributed by atoms with van der Waals surface area (Å²) in [5, 5.41) is 9.02. The lowest BCUT2D eigenvalue weighted by molar-refractivity contribution is -0.133. The fraction of sp³-hybridized carbons (Fsp3) is 0.174. The number of hydrogen-bond acceptors (Lipinski definition) is 4. The van der Waals surface area contributed by atoms with Crippen LogP contribution in [0.25, 0.3) is 16.9 Å². The predicted molar refractivity (Wildman–Crippen MR) is 113 cm³/mol. The van der Waals surface area contributed by atoms with Crippen molar-refractivity contribution in [1.29, 1.82) is 0 Å². The maximum Gasteiger partial charge on any atom is 0.317 e. The van der Waals surface area contributed by atoms with Gasteiger partial charge < -0.3 is 4.74 Å². The second-order valence-electron chi connectivity index (χ2n) is 6.53. The minimum absolute atomic E-state index is 0. The molecule has 148 valence electrons. The number of nitrogens with zero attached hydrogens (tertiary/aromatic N) is 4. The summed E-state index contributed by atoms with van der Waals surface area (Å²) in [4.78, 5) is 12.6. The van der Waals surface area contributed by atoms with Gasteiger partial charge in [-0.1, -0.05) is 43.8 Å². The molecule has 0 aliphatic rings. The molecule has 4 aromatic rings. The lowest BCUT2D eigenvalue weighted by Crippen LogP contribution is -2.15. The highest BCUT2D eigenvalue weighted by atomic mass is 16.5. The maximum absolute atomic E-state index is 12.6. The number of aromatic nitrogens is 4. The number of hydrogen-bond donors (Lipinski definition) is 0. The van der Waals surface area contributed by atoms with Crippen LogP contribution in [0.4, 0.5) is 0 Å². The molecular formula is C23H24N4O2. The summed E-state index contributed by atoms with van der Waals surface area (Å²) in [5.41, 5.74) is 4.34. The Hall–Kier alpha value is -3.67. The minimum atomic E-state index is -0.330. The molecule has 0 aliphatic heterocycles. The van der Waals surface area contributed by atoms with E-state index < -0.39 is 0 Å². The molecule has 0 saturated carbocycles. The van der Waals surface area contributed by atoms with E-state index in [1.54, 1.807) is 23.0 Å². The highest BCUT2D eigenvalue weighted by molar-refractivity contribution is 5.76. The monoisotopic (exact) mass is 388 g/mol. The van der Waals surface area contributed by atoms with E-state index in [4.69, 9.17) is 9.84 Å². The van der Waals surface area contributed by atoms with E-state index in [0.29, 0.717) is 5.75 Å². The average Bonchev–Trinajstić information content (AvgIpc) is 3.27. The lowest BCUT2D eigenvalue weighted by Gasteiger charge is -2.08. The first kappa shape index (κ1) is 20.1. The third kappa shape index (κ3) is 4.27. The zero-order valence-electron chi connectivity index (χ0n) is 15.7. The Bertz CT molecular complexity index is 1100. The normalized spacial score (nSPS) is 10.4. The Morgan fingerprint density at radius 2 is 1.69 bits per heavy atom. The van der Waals surface area contributed by atoms with Gasteiger partial charge >= 0.3 is 5.97 Å². The average molecular weight is 388 g/mol. The number of benzene rings is 2. The van der Waals surface area contributed by atoms with Gasteiger partial charge in [0.25, 0.3) is 0 Å². The van der Waals surface area contributed by atoms with Crippen LogP contribution < -0.4 is 4.74 Å². The Labute approximate surface area is 170 Å². The number of aryl methyl sites for hydroxylation is 1. The second-order valence-corrected chi connectivity index (χ2v) is 6.53. The van der Waals surface area contributed by atoms with Crippen molar-refractivity contribution in [2.24, 2.45) is 7.05 Å². The lowest BCUT2D eigenvalue weighted by atomic mass is 10.1. The van der Waals surface area contributed by atoms with E-state index in [-0.39, 0.29) is 19.8 Å². The Morgan fingerprint density at radius 1 is 1.03 bits per heavy atom. The van der Waals surface area contributed by atoms with Gasteiger partial charge in [0.1, 0.15) is 5.75 Å². The Morgan fingerprint density at radius 3 is 2.31 bits per heavy atom. The topological polar surface area (TPSA) is 61.9 Å². The summed E-state index contributed by atoms with van der Waals surface area (Å²) in [6, 6.07) is 18.9. The van der Waals surface area contributed by atoms with E-state index in [2.05, 4.69) is 5.10 Å². The van der Waals surface area contributed by atoms with E-state index in [1.807, 2.05) is 73.4 Å². The van der Waals surface area contributed by atoms with Crippen molar-refractivity contribution in [3.05, 3.63) is 84.3 Å². The van der Waals surface area contributed by atoms with Crippen molar-refractivity contribution >= 4 is 5.97 Å². The second kappa shape index (κ2) is 8.56. The number of carbonyl (C=O) groups is 1. The molecule has 2 aromatic carbocycles. The Kier molecular flexibility index (Phi) is 5.93. The fourth-order valence-corrected chi connectivity index (χ4v) is 3.13. The molecule has 0 unspecified atom stereocenters. The highest BCUT2D eigenvalue weighted by Crippen LogP contribution is 2.27. The van der Waals surface area contributed by atoms with Gasteiger partial charge in [0.2, 0.25) is 0 Å². The molecule has 0 aliphatic carbocycles. The molecule has 6 heteroatoms. The van der Waals surface area contributed by atoms with Gasteiger partial charge in [0.15, 0.2) is 0 Å². The molecule has 0 atom stereocenters. The standard InChI is InChI=1S/C22H20N4O2.CH4/c1-16-20(13-21(27)28-19-11-7-4-8-12-19)26(18-9-5-3-6-10-18)24-22(16)17-14-23-25(2)15-17;/h3-12,14-15H,13H2,1-2H3;1H4. The Balaban J connectivity index is 0.00000240. The van der Waals surface area contributed by atoms with Crippen LogP contribution in [0.2, 0.25) is 0 Å². The first-order chi connectivity index (χ1) is 13.6. The van der Waals surface area contributed by atoms with Crippen molar-refractivity contribution in [2.75, 3.05) is 0 Å². The summed E-state index contributed by atoms with van der Waals surface area (Å²) in [6.07, 6.45) is 3.80. The molecule has 0 saturated heterocycles. The molecule has 0 bridgehead atoms. The largest absolute Gasteiger partial charge is 0.426 e. The summed E-state index contributed by atoms with van der Waals surface area (Å²) in [7, 11) is 1.87. The van der Waals surface area contributed by atoms with Crippen LogP contribution in [-0.4, -0.2) is 25.5 Å². The number of rotatable bonds is 5. The molecule has 0 radical (unpaired) electrons. The van der Waals surface area contributed by atoms with E-state index in [1.165, 1.54) is 0 Å². The quantitative estimate of drug-likeness (QED) is 0.376. The first-order valence-electron chi connectivity index (χ1n) is 9.00. The van der Waals surface area contributed by atoms with Gasteiger partial charge in [-0.2, -0.15) is 10.2 Å². The van der Waals surface area contributed by atoms with Crippen molar-refractivity contribution in [1.82, 2.24) is 19.6 Å². The first-order valence-corrected chi connectivity index (χ1v) is 9.00. The summed E-state index contributed by atoms with van der Waals surface area (Å²) in [6.45, 7) is 1.97. The van der Waals surface area contributed by atoms with Crippen molar-refractivity contribution < 1.29 is 9.53 Å². The van der Waals surface area contributed by atoms with Crippen LogP contribution in [0.1, 0.15) is 18.7 Å². The smallest absolute Gasteiger partial charge is 0.317 e. The zero-order valence-corrected chi connectivity index (χ0v) is 15.7. The molecular weight excluding hydrogens is 364 g/mol. The predicted octanol–water partition coefficient (Wildman–Crippen LogP) is 4.37. The number of para-hydroxylation sites is 2. The molecule has 0 N–H and O–H groups in total. The van der Waals surface area contributed by atoms with Crippen LogP contribution in [0, 0.1) is 6.92 Å². The number of esters is 1. The van der Waals surface area contributed by atoms with Crippen molar-refractivity contribution in [3.8, 4) is 22.7 Å². The third-order valence-corrected chi connectivity index (χ3v) is 4.51. The molecule has 0 spiro atoms. The van der Waals surface area contributed by atoms with Crippen molar-refractivity contribution in [2.45, 2.75) is 20.8 Å². The number of carbonyl (C=O) groups excluding carboxylic acids is 1. The van der Waals surface area contributed by atoms with Gasteiger partial charge in [0.05, 0.1) is 29.7 Å². The van der Waals surface area contributed by atoms with E-state index in [0.717, 1.165) is 28.2 Å². The molecule has 0 fully saturated rings. The molecule has 0 amide bonds. The fourth-order valence-electron chi connectivity index (χ4n) is 3.13. The molecule has 6 nitrogen and oxygen atoms in total. The van der Waals surface area contributed by atoms with Gasteiger partial charge in [0, 0.05) is 18.8 Å². The molecule has 29 heavy (non-hydrogen) atoms. The summed E-state index contributed by atoms with van der Waals surface area (Å²) in [5.74, 6) is 0.201. The highest BCUT2D eigenvalue weighted by Gasteiger charge is 2.21. The summed E-state index contributed by atoms with van der Waals surface area (Å²) < 4.78 is 9.03. The zero-order chi connectivity index (χ0) is 19.5. The van der Waals surface area contributed by atoms with Crippen LogP contribution in [0.5, 0.6) is 5.75 Å². The van der Waals surface area contributed by atoms with Gasteiger partial charge in [-0.15, -0.1) is 0 Å².